The van der Waals surface area contributed by atoms with E-state index in [1.54, 1.807) is 10.8 Å². The van der Waals surface area contributed by atoms with Crippen molar-refractivity contribution < 1.29 is 14.4 Å². The van der Waals surface area contributed by atoms with Crippen LogP contribution < -0.4 is 10.6 Å². The van der Waals surface area contributed by atoms with Crippen molar-refractivity contribution in [2.75, 3.05) is 12.4 Å². The van der Waals surface area contributed by atoms with Gasteiger partial charge in [-0.2, -0.15) is 0 Å². The molecule has 0 spiro atoms. The number of anilines is 1. The van der Waals surface area contributed by atoms with Gasteiger partial charge in [0.1, 0.15) is 12.1 Å². The van der Waals surface area contributed by atoms with Gasteiger partial charge in [-0.1, -0.05) is 35.9 Å². The molecule has 3 amide bonds. The van der Waals surface area contributed by atoms with Gasteiger partial charge in [-0.25, -0.2) is 0 Å². The lowest BCUT2D eigenvalue weighted by Gasteiger charge is -2.24. The normalized spacial score (nSPS) is 15.5. The quantitative estimate of drug-likeness (QED) is 0.377. The van der Waals surface area contributed by atoms with E-state index >= 15 is 0 Å². The average Bonchev–Trinajstić information content (AvgIpc) is 3.08. The van der Waals surface area contributed by atoms with Crippen LogP contribution in [0.25, 0.3) is 17.0 Å². The maximum Gasteiger partial charge on any atom is 0.265 e. The smallest absolute Gasteiger partial charge is 0.265 e. The summed E-state index contributed by atoms with van der Waals surface area (Å²) in [7, 11) is 1.51. The van der Waals surface area contributed by atoms with Gasteiger partial charge in [-0.05, 0) is 43.4 Å². The minimum absolute atomic E-state index is 0.0110. The number of hydrogen-bond acceptors (Lipinski definition) is 4. The van der Waals surface area contributed by atoms with Crippen LogP contribution in [-0.2, 0) is 20.9 Å². The fourth-order valence-corrected chi connectivity index (χ4v) is 3.59. The fraction of sp³-hybridized carbons (Fsp3) is 0.130. The Hall–Kier alpha value is -3.78. The molecule has 7 nitrogen and oxygen atoms in total. The molecule has 2 N–H and O–H groups in total. The lowest BCUT2D eigenvalue weighted by atomic mass is 10.1. The first-order valence-corrected chi connectivity index (χ1v) is 10.0. The third kappa shape index (κ3) is 4.10. The topological polar surface area (TPSA) is 83.4 Å². The molecule has 1 aromatic heterocycles. The van der Waals surface area contributed by atoms with Crippen LogP contribution in [0.15, 0.2) is 60.3 Å². The fourth-order valence-electron chi connectivity index (χ4n) is 3.41. The number of nitrogens with zero attached hydrogens (tertiary/aromatic N) is 2. The Morgan fingerprint density at radius 1 is 1.13 bits per heavy atom. The number of amides is 3. The summed E-state index contributed by atoms with van der Waals surface area (Å²) in [4.78, 5) is 38.7. The standard InChI is InChI=1S/C23H20N4O3S/c1-14-7-9-16(10-8-14)24-20(28)13-27-12-15(17-5-3-4-6-19(17)27)11-18-21(29)25-23(31)26(2)22(18)30/h3-12H,13H2,1-2H3,(H,24,28)(H,25,29,31)/b18-11+. The summed E-state index contributed by atoms with van der Waals surface area (Å²) in [5.41, 5.74) is 3.31. The summed E-state index contributed by atoms with van der Waals surface area (Å²) in [5.74, 6) is -1.19. The van der Waals surface area contributed by atoms with Crippen LogP contribution in [0.2, 0.25) is 0 Å². The van der Waals surface area contributed by atoms with Gasteiger partial charge in [0.25, 0.3) is 11.8 Å². The van der Waals surface area contributed by atoms with Crippen molar-refractivity contribution >= 4 is 57.7 Å². The zero-order valence-corrected chi connectivity index (χ0v) is 17.8. The third-order valence-corrected chi connectivity index (χ3v) is 5.45. The zero-order chi connectivity index (χ0) is 22.1. The Morgan fingerprint density at radius 3 is 2.58 bits per heavy atom. The largest absolute Gasteiger partial charge is 0.337 e. The molecule has 4 rings (SSSR count). The molecule has 3 aromatic rings. The zero-order valence-electron chi connectivity index (χ0n) is 17.0. The van der Waals surface area contributed by atoms with Gasteiger partial charge in [0.15, 0.2) is 5.11 Å². The number of hydrogen-bond donors (Lipinski definition) is 2. The van der Waals surface area contributed by atoms with E-state index in [0.717, 1.165) is 22.2 Å². The van der Waals surface area contributed by atoms with Gasteiger partial charge in [0.05, 0.1) is 0 Å². The molecule has 2 aromatic carbocycles. The molecule has 8 heteroatoms. The second-order valence-corrected chi connectivity index (χ2v) is 7.71. The van der Waals surface area contributed by atoms with Gasteiger partial charge in [-0.15, -0.1) is 0 Å². The minimum Gasteiger partial charge on any atom is -0.337 e. The third-order valence-electron chi connectivity index (χ3n) is 5.07. The van der Waals surface area contributed by atoms with E-state index in [-0.39, 0.29) is 23.1 Å². The van der Waals surface area contributed by atoms with Crippen molar-refractivity contribution in [1.82, 2.24) is 14.8 Å². The van der Waals surface area contributed by atoms with Gasteiger partial charge in [0.2, 0.25) is 5.91 Å². The summed E-state index contributed by atoms with van der Waals surface area (Å²) in [6.45, 7) is 2.07. The Bertz CT molecular complexity index is 1260. The van der Waals surface area contributed by atoms with Gasteiger partial charge in [0, 0.05) is 35.4 Å². The molecule has 156 valence electrons. The predicted molar refractivity (Wildman–Crippen MR) is 123 cm³/mol. The van der Waals surface area contributed by atoms with Gasteiger partial charge >= 0.3 is 0 Å². The number of aryl methyl sites for hydroxylation is 1. The number of benzene rings is 2. The van der Waals surface area contributed by atoms with Crippen molar-refractivity contribution in [3.63, 3.8) is 0 Å². The number of carbonyl (C=O) groups excluding carboxylic acids is 3. The van der Waals surface area contributed by atoms with E-state index in [9.17, 15) is 14.4 Å². The number of fused-ring (bicyclic) bond motifs is 1. The first-order chi connectivity index (χ1) is 14.8. The Balaban J connectivity index is 1.65. The number of thiocarbonyl (C=S) groups is 1. The highest BCUT2D eigenvalue weighted by Crippen LogP contribution is 2.25. The van der Waals surface area contributed by atoms with E-state index in [0.29, 0.717) is 5.56 Å². The Kier molecular flexibility index (Phi) is 5.39. The van der Waals surface area contributed by atoms with Crippen LogP contribution in [0.5, 0.6) is 0 Å². The molecular formula is C23H20N4O3S. The number of para-hydroxylation sites is 1. The molecule has 0 bridgehead atoms. The molecule has 0 saturated carbocycles. The van der Waals surface area contributed by atoms with Crippen LogP contribution in [-0.4, -0.2) is 39.3 Å². The molecule has 0 radical (unpaired) electrons. The van der Waals surface area contributed by atoms with E-state index in [1.807, 2.05) is 55.5 Å². The molecule has 2 heterocycles. The van der Waals surface area contributed by atoms with Gasteiger partial charge in [-0.3, -0.25) is 24.6 Å². The molecule has 1 aliphatic heterocycles. The summed E-state index contributed by atoms with van der Waals surface area (Å²) < 4.78 is 1.80. The molecule has 0 aliphatic carbocycles. The number of carbonyl (C=O) groups is 3. The molecule has 0 unspecified atom stereocenters. The van der Waals surface area contributed by atoms with Crippen LogP contribution in [0.1, 0.15) is 11.1 Å². The van der Waals surface area contributed by atoms with Crippen LogP contribution >= 0.6 is 12.2 Å². The number of rotatable bonds is 4. The summed E-state index contributed by atoms with van der Waals surface area (Å²) >= 11 is 4.99. The van der Waals surface area contributed by atoms with Crippen LogP contribution in [0.4, 0.5) is 5.69 Å². The second-order valence-electron chi connectivity index (χ2n) is 7.33. The number of aromatic nitrogens is 1. The number of likely N-dealkylation sites (N-methyl/N-ethyl adjacent to an activating group) is 1. The van der Waals surface area contributed by atoms with Crippen molar-refractivity contribution in [2.45, 2.75) is 13.5 Å². The van der Waals surface area contributed by atoms with E-state index in [1.165, 1.54) is 18.0 Å². The van der Waals surface area contributed by atoms with E-state index in [2.05, 4.69) is 10.6 Å². The van der Waals surface area contributed by atoms with Crippen molar-refractivity contribution in [3.8, 4) is 0 Å². The first kappa shape index (κ1) is 20.5. The Morgan fingerprint density at radius 2 is 1.84 bits per heavy atom. The predicted octanol–water partition coefficient (Wildman–Crippen LogP) is 2.84. The lowest BCUT2D eigenvalue weighted by Crippen LogP contribution is -2.52. The molecule has 0 atom stereocenters. The van der Waals surface area contributed by atoms with Crippen LogP contribution in [0, 0.1) is 6.92 Å². The highest BCUT2D eigenvalue weighted by Gasteiger charge is 2.31. The second kappa shape index (κ2) is 8.16. The molecule has 31 heavy (non-hydrogen) atoms. The van der Waals surface area contributed by atoms with Crippen molar-refractivity contribution in [3.05, 3.63) is 71.4 Å². The number of nitrogens with one attached hydrogen (secondary N) is 2. The molecule has 1 saturated heterocycles. The van der Waals surface area contributed by atoms with Crippen molar-refractivity contribution in [1.29, 1.82) is 0 Å². The Labute approximate surface area is 184 Å². The molecular weight excluding hydrogens is 412 g/mol. The molecule has 1 fully saturated rings. The first-order valence-electron chi connectivity index (χ1n) is 9.63. The monoisotopic (exact) mass is 432 g/mol. The maximum absolute atomic E-state index is 12.6. The maximum atomic E-state index is 12.6. The van der Waals surface area contributed by atoms with E-state index < -0.39 is 11.8 Å². The van der Waals surface area contributed by atoms with Gasteiger partial charge < -0.3 is 9.88 Å². The summed E-state index contributed by atoms with van der Waals surface area (Å²) in [6.07, 6.45) is 3.30. The summed E-state index contributed by atoms with van der Waals surface area (Å²) in [5, 5.41) is 6.29. The summed E-state index contributed by atoms with van der Waals surface area (Å²) in [6, 6.07) is 15.1. The molecule has 1 aliphatic rings. The van der Waals surface area contributed by atoms with E-state index in [4.69, 9.17) is 12.2 Å². The highest BCUT2D eigenvalue weighted by atomic mass is 32.1. The highest BCUT2D eigenvalue weighted by molar-refractivity contribution is 7.80. The lowest BCUT2D eigenvalue weighted by molar-refractivity contribution is -0.128. The average molecular weight is 433 g/mol. The van der Waals surface area contributed by atoms with Crippen molar-refractivity contribution in [2.24, 2.45) is 0 Å². The minimum atomic E-state index is -0.540. The van der Waals surface area contributed by atoms with Crippen LogP contribution in [0.3, 0.4) is 0 Å². The SMILES string of the molecule is Cc1ccc(NC(=O)Cn2cc(/C=C3\C(=O)NC(=S)N(C)C3=O)c3ccccc32)cc1.